The van der Waals surface area contributed by atoms with Crippen molar-refractivity contribution in [1.29, 1.82) is 0 Å². The van der Waals surface area contributed by atoms with Crippen molar-refractivity contribution in [2.24, 2.45) is 0 Å². The Hall–Kier alpha value is -1.00. The van der Waals surface area contributed by atoms with E-state index in [-0.39, 0.29) is 17.7 Å². The lowest BCUT2D eigenvalue weighted by Crippen LogP contribution is -2.20. The molecule has 0 aromatic heterocycles. The highest BCUT2D eigenvalue weighted by atomic mass is 35.5. The van der Waals surface area contributed by atoms with Gasteiger partial charge in [-0.2, -0.15) is 0 Å². The monoisotopic (exact) mass is 246 g/mol. The van der Waals surface area contributed by atoms with Crippen LogP contribution in [0.1, 0.15) is 19.8 Å². The van der Waals surface area contributed by atoms with Crippen LogP contribution in [0, 0.1) is 5.82 Å². The van der Waals surface area contributed by atoms with E-state index in [9.17, 15) is 4.39 Å². The lowest BCUT2D eigenvalue weighted by molar-refractivity contribution is 0.278. The van der Waals surface area contributed by atoms with Gasteiger partial charge in [-0.05, 0) is 18.9 Å². The first-order chi connectivity index (χ1) is 7.58. The Labute approximate surface area is 99.4 Å². The quantitative estimate of drug-likeness (QED) is 0.700. The number of benzene rings is 1. The second kappa shape index (κ2) is 5.92. The molecule has 0 fully saturated rings. The van der Waals surface area contributed by atoms with Gasteiger partial charge in [-0.1, -0.05) is 18.5 Å². The third-order valence-electron chi connectivity index (χ3n) is 2.42. The number of halogens is 2. The molecule has 4 N–H and O–H groups in total. The molecule has 16 heavy (non-hydrogen) atoms. The molecule has 1 aromatic carbocycles. The zero-order chi connectivity index (χ0) is 12.1. The summed E-state index contributed by atoms with van der Waals surface area (Å²) in [6, 6.07) is 2.76. The summed E-state index contributed by atoms with van der Waals surface area (Å²) in [5.74, 6) is -0.528. The number of nitrogens with two attached hydrogens (primary N) is 1. The summed E-state index contributed by atoms with van der Waals surface area (Å²) in [6.07, 6.45) is 1.46. The largest absolute Gasteiger partial charge is 0.397 e. The van der Waals surface area contributed by atoms with Crippen LogP contribution in [0.15, 0.2) is 12.1 Å². The van der Waals surface area contributed by atoms with Crippen molar-refractivity contribution in [1.82, 2.24) is 0 Å². The third kappa shape index (κ3) is 3.25. The maximum atomic E-state index is 13.0. The fourth-order valence-electron chi connectivity index (χ4n) is 1.44. The average molecular weight is 247 g/mol. The minimum absolute atomic E-state index is 0.0375. The van der Waals surface area contributed by atoms with Crippen LogP contribution in [-0.2, 0) is 0 Å². The molecular formula is C11H16ClFN2O. The van der Waals surface area contributed by atoms with Gasteiger partial charge in [-0.15, -0.1) is 0 Å². The Bertz CT molecular complexity index is 360. The van der Waals surface area contributed by atoms with Crippen molar-refractivity contribution in [2.75, 3.05) is 17.7 Å². The van der Waals surface area contributed by atoms with Gasteiger partial charge in [0.1, 0.15) is 5.82 Å². The highest BCUT2D eigenvalue weighted by Crippen LogP contribution is 2.27. The zero-order valence-electron chi connectivity index (χ0n) is 9.13. The van der Waals surface area contributed by atoms with Crippen LogP contribution in [0.25, 0.3) is 0 Å². The molecule has 0 spiro atoms. The van der Waals surface area contributed by atoms with Gasteiger partial charge in [-0.25, -0.2) is 4.39 Å². The van der Waals surface area contributed by atoms with Crippen LogP contribution in [0.4, 0.5) is 15.8 Å². The Morgan fingerprint density at radius 3 is 2.81 bits per heavy atom. The molecule has 0 saturated heterocycles. The number of anilines is 2. The molecule has 0 bridgehead atoms. The van der Waals surface area contributed by atoms with Crippen molar-refractivity contribution in [3.05, 3.63) is 23.0 Å². The van der Waals surface area contributed by atoms with E-state index in [1.165, 1.54) is 12.1 Å². The van der Waals surface area contributed by atoms with Crippen molar-refractivity contribution in [3.63, 3.8) is 0 Å². The summed E-state index contributed by atoms with van der Waals surface area (Å²) in [5.41, 5.74) is 6.59. The highest BCUT2D eigenvalue weighted by molar-refractivity contribution is 6.31. The predicted octanol–water partition coefficient (Wildman–Crippen LogP) is 2.63. The molecule has 5 heteroatoms. The first-order valence-corrected chi connectivity index (χ1v) is 5.58. The molecule has 90 valence electrons. The molecule has 1 rings (SSSR count). The SMILES string of the molecule is CCC(CCO)Nc1cc(Cl)c(F)cc1N. The topological polar surface area (TPSA) is 58.3 Å². The molecular weight excluding hydrogens is 231 g/mol. The Kier molecular flexibility index (Phi) is 4.83. The standard InChI is InChI=1S/C11H16ClFN2O/c1-2-7(3-4-16)15-11-5-8(12)9(13)6-10(11)14/h5-7,15-16H,2-4,14H2,1H3. The number of aliphatic hydroxyl groups excluding tert-OH is 1. The summed E-state index contributed by atoms with van der Waals surface area (Å²) < 4.78 is 13.0. The first-order valence-electron chi connectivity index (χ1n) is 5.20. The molecule has 0 saturated carbocycles. The van der Waals surface area contributed by atoms with Crippen LogP contribution in [0.3, 0.4) is 0 Å². The maximum absolute atomic E-state index is 13.0. The normalized spacial score (nSPS) is 12.5. The highest BCUT2D eigenvalue weighted by Gasteiger charge is 2.10. The van der Waals surface area contributed by atoms with E-state index in [0.717, 1.165) is 6.42 Å². The van der Waals surface area contributed by atoms with Gasteiger partial charge in [-0.3, -0.25) is 0 Å². The van der Waals surface area contributed by atoms with Crippen LogP contribution < -0.4 is 11.1 Å². The number of nitrogen functional groups attached to an aromatic ring is 1. The van der Waals surface area contributed by atoms with E-state index in [4.69, 9.17) is 22.4 Å². The number of hydrogen-bond donors (Lipinski definition) is 3. The molecule has 0 aliphatic carbocycles. The smallest absolute Gasteiger partial charge is 0.143 e. The fourth-order valence-corrected chi connectivity index (χ4v) is 1.60. The zero-order valence-corrected chi connectivity index (χ0v) is 9.89. The molecule has 0 aliphatic rings. The molecule has 1 aromatic rings. The van der Waals surface area contributed by atoms with Crippen LogP contribution in [0.5, 0.6) is 0 Å². The van der Waals surface area contributed by atoms with E-state index in [1.807, 2.05) is 6.92 Å². The first kappa shape index (κ1) is 13.1. The second-order valence-electron chi connectivity index (χ2n) is 3.62. The minimum Gasteiger partial charge on any atom is -0.397 e. The fraction of sp³-hybridized carbons (Fsp3) is 0.455. The molecule has 0 aliphatic heterocycles. The molecule has 0 heterocycles. The van der Waals surface area contributed by atoms with Gasteiger partial charge < -0.3 is 16.2 Å². The van der Waals surface area contributed by atoms with E-state index < -0.39 is 5.82 Å². The van der Waals surface area contributed by atoms with Crippen molar-refractivity contribution >= 4 is 23.0 Å². The lowest BCUT2D eigenvalue weighted by atomic mass is 10.1. The van der Waals surface area contributed by atoms with E-state index in [2.05, 4.69) is 5.32 Å². The Morgan fingerprint density at radius 1 is 1.56 bits per heavy atom. The van der Waals surface area contributed by atoms with E-state index in [1.54, 1.807) is 0 Å². The predicted molar refractivity (Wildman–Crippen MR) is 65.2 cm³/mol. The van der Waals surface area contributed by atoms with Crippen molar-refractivity contribution in [3.8, 4) is 0 Å². The van der Waals surface area contributed by atoms with Gasteiger partial charge in [0.05, 0.1) is 16.4 Å². The van der Waals surface area contributed by atoms with Gasteiger partial charge in [0.2, 0.25) is 0 Å². The Balaban J connectivity index is 2.83. The molecule has 1 unspecified atom stereocenters. The Morgan fingerprint density at radius 2 is 2.25 bits per heavy atom. The molecule has 0 radical (unpaired) electrons. The second-order valence-corrected chi connectivity index (χ2v) is 4.02. The summed E-state index contributed by atoms with van der Waals surface area (Å²) in [7, 11) is 0. The molecule has 1 atom stereocenters. The average Bonchev–Trinajstić information content (AvgIpc) is 2.25. The lowest BCUT2D eigenvalue weighted by Gasteiger charge is -2.18. The van der Waals surface area contributed by atoms with Gasteiger partial charge in [0.25, 0.3) is 0 Å². The summed E-state index contributed by atoms with van der Waals surface area (Å²) >= 11 is 5.67. The van der Waals surface area contributed by atoms with Crippen molar-refractivity contribution < 1.29 is 9.50 Å². The number of nitrogens with one attached hydrogen (secondary N) is 1. The van der Waals surface area contributed by atoms with Gasteiger partial charge >= 0.3 is 0 Å². The summed E-state index contributed by atoms with van der Waals surface area (Å²) in [5, 5.41) is 12.0. The minimum atomic E-state index is -0.528. The molecule has 3 nitrogen and oxygen atoms in total. The van der Waals surface area contributed by atoms with Gasteiger partial charge in [0.15, 0.2) is 0 Å². The van der Waals surface area contributed by atoms with E-state index >= 15 is 0 Å². The summed E-state index contributed by atoms with van der Waals surface area (Å²) in [6.45, 7) is 2.09. The third-order valence-corrected chi connectivity index (χ3v) is 2.71. The van der Waals surface area contributed by atoms with Crippen LogP contribution >= 0.6 is 11.6 Å². The number of aliphatic hydroxyl groups is 1. The van der Waals surface area contributed by atoms with Crippen LogP contribution in [-0.4, -0.2) is 17.8 Å². The van der Waals surface area contributed by atoms with Gasteiger partial charge in [0, 0.05) is 18.7 Å². The maximum Gasteiger partial charge on any atom is 0.143 e. The summed E-state index contributed by atoms with van der Waals surface area (Å²) in [4.78, 5) is 0. The number of hydrogen-bond acceptors (Lipinski definition) is 3. The van der Waals surface area contributed by atoms with Crippen LogP contribution in [0.2, 0.25) is 5.02 Å². The number of rotatable bonds is 5. The van der Waals surface area contributed by atoms with E-state index in [0.29, 0.717) is 17.8 Å². The van der Waals surface area contributed by atoms with Crippen molar-refractivity contribution in [2.45, 2.75) is 25.8 Å². The molecule has 0 amide bonds.